The Morgan fingerprint density at radius 1 is 0.340 bits per heavy atom. The molecule has 4 aliphatic rings. The van der Waals surface area contributed by atoms with Gasteiger partial charge in [-0.15, -0.1) is 0 Å². The maximum Gasteiger partial charge on any atom is 0.416 e. The van der Waals surface area contributed by atoms with Crippen molar-refractivity contribution in [2.24, 2.45) is 0 Å². The molecule has 3 aromatic heterocycles. The van der Waals surface area contributed by atoms with Crippen molar-refractivity contribution in [3.05, 3.63) is 293 Å². The minimum Gasteiger partial charge on any atom is -0.454 e. The lowest BCUT2D eigenvalue weighted by atomic mass is 9.65. The molecule has 0 atom stereocenters. The summed E-state index contributed by atoms with van der Waals surface area (Å²) in [5.74, 6) is 0.649. The molecule has 488 valence electrons. The zero-order valence-corrected chi connectivity index (χ0v) is 54.3. The van der Waals surface area contributed by atoms with Crippen molar-refractivity contribution in [1.29, 1.82) is 0 Å². The van der Waals surface area contributed by atoms with Crippen LogP contribution in [0.25, 0.3) is 104 Å². The zero-order valence-electron chi connectivity index (χ0n) is 54.3. The third-order valence-corrected chi connectivity index (χ3v) is 22.8. The smallest absolute Gasteiger partial charge is 0.416 e. The lowest BCUT2D eigenvalue weighted by Crippen LogP contribution is -2.33. The summed E-state index contributed by atoms with van der Waals surface area (Å²) in [5, 5.41) is 9.83. The first-order chi connectivity index (χ1) is 48.9. The van der Waals surface area contributed by atoms with E-state index in [9.17, 15) is 26.3 Å². The van der Waals surface area contributed by atoms with Crippen molar-refractivity contribution in [3.8, 4) is 16.8 Å². The minimum atomic E-state index is -4.61. The van der Waals surface area contributed by atoms with Crippen LogP contribution in [-0.2, 0) is 17.8 Å². The van der Waals surface area contributed by atoms with Crippen LogP contribution in [-0.4, -0.2) is 4.57 Å². The number of para-hydroxylation sites is 5. The number of furan rings is 2. The summed E-state index contributed by atoms with van der Waals surface area (Å²) < 4.78 is 106. The van der Waals surface area contributed by atoms with Gasteiger partial charge in [-0.2, -0.15) is 26.3 Å². The number of rotatable bonds is 8. The van der Waals surface area contributed by atoms with E-state index in [-0.39, 0.29) is 0 Å². The van der Waals surface area contributed by atoms with E-state index in [1.807, 2.05) is 29.2 Å². The van der Waals surface area contributed by atoms with Gasteiger partial charge in [0.25, 0.3) is 0 Å². The number of nitrogens with zero attached hydrogens (tertiary/aromatic N) is 3. The Labute approximate surface area is 571 Å². The summed E-state index contributed by atoms with van der Waals surface area (Å²) in [6.07, 6.45) is 1.99. The van der Waals surface area contributed by atoms with E-state index in [2.05, 4.69) is 185 Å². The number of hydrogen-bond acceptors (Lipinski definition) is 4. The monoisotopic (exact) mass is 1320 g/mol. The number of alkyl halides is 6. The minimum absolute atomic E-state index is 0.316. The fraction of sp³-hybridized carbons (Fsp3) is 0.169. The van der Waals surface area contributed by atoms with Crippen LogP contribution in [0.4, 0.5) is 60.5 Å². The Bertz CT molecular complexity index is 5980. The van der Waals surface area contributed by atoms with Crippen molar-refractivity contribution in [2.45, 2.75) is 93.8 Å². The molecule has 13 aromatic carbocycles. The van der Waals surface area contributed by atoms with E-state index in [1.165, 1.54) is 36.1 Å². The van der Waals surface area contributed by atoms with Crippen LogP contribution < -0.4 is 9.80 Å². The molecule has 16 aromatic rings. The van der Waals surface area contributed by atoms with Gasteiger partial charge in [-0.1, -0.05) is 190 Å². The van der Waals surface area contributed by atoms with Gasteiger partial charge in [0.2, 0.25) is 0 Å². The molecule has 0 amide bonds. The van der Waals surface area contributed by atoms with Crippen LogP contribution in [0.3, 0.4) is 0 Å². The molecule has 0 radical (unpaired) electrons. The molecule has 2 saturated carbocycles. The summed E-state index contributed by atoms with van der Waals surface area (Å²) >= 11 is 0. The van der Waals surface area contributed by atoms with Crippen LogP contribution >= 0.6 is 0 Å². The number of halogens is 6. The maximum absolute atomic E-state index is 14.9. The van der Waals surface area contributed by atoms with Crippen molar-refractivity contribution in [3.63, 3.8) is 0 Å². The van der Waals surface area contributed by atoms with Crippen molar-refractivity contribution in [1.82, 2.24) is 4.57 Å². The van der Waals surface area contributed by atoms with Gasteiger partial charge in [0.15, 0.2) is 11.2 Å². The third-order valence-electron chi connectivity index (χ3n) is 22.8. The topological polar surface area (TPSA) is 37.7 Å². The molecule has 11 heteroatoms. The highest BCUT2D eigenvalue weighted by Crippen LogP contribution is 2.65. The fourth-order valence-corrected chi connectivity index (χ4v) is 18.4. The lowest BCUT2D eigenvalue weighted by Gasteiger charge is -2.40. The van der Waals surface area contributed by atoms with Gasteiger partial charge < -0.3 is 23.2 Å². The van der Waals surface area contributed by atoms with E-state index in [4.69, 9.17) is 8.83 Å². The van der Waals surface area contributed by atoms with Gasteiger partial charge in [-0.25, -0.2) is 0 Å². The number of fused-ring (bicyclic) bond motifs is 22. The summed E-state index contributed by atoms with van der Waals surface area (Å²) in [5.41, 5.74) is 15.4. The predicted octanol–water partition coefficient (Wildman–Crippen LogP) is 26.6. The Balaban J connectivity index is 0.915. The van der Waals surface area contributed by atoms with Crippen LogP contribution in [0.15, 0.2) is 258 Å². The molecular weight excluding hydrogens is 1260 g/mol. The number of anilines is 6. The fourth-order valence-electron chi connectivity index (χ4n) is 18.4. The molecule has 1 aliphatic heterocycles. The van der Waals surface area contributed by atoms with Crippen LogP contribution in [0.2, 0.25) is 0 Å². The number of benzene rings is 13. The van der Waals surface area contributed by atoms with Crippen LogP contribution in [0.5, 0.6) is 0 Å². The summed E-state index contributed by atoms with van der Waals surface area (Å²) in [7, 11) is 0. The molecule has 2 fully saturated rings. The molecule has 0 saturated heterocycles. The molecule has 4 heterocycles. The first-order valence-electron chi connectivity index (χ1n) is 35.0. The van der Waals surface area contributed by atoms with Crippen LogP contribution in [0, 0.1) is 0 Å². The standard InChI is InChI=1S/C89H63F6N3O2/c90-88(91,92)56-37-41-58(42-38-56)96(78-33-15-29-68-66-27-13-25-64(83(66)99-85(68)78)52-17-3-1-4-18-52)60-45-48-76-70(49-60)71-50-61(97(59-43-39-57(40-44-59)89(93,94)95)79-34-16-30-69-67-28-14-26-65(84(67)100-86(69)79)53-19-5-2-6-20-53)51-75-82(71)98(76)77-32-12-11-31-72(77)87(75)73-46-35-54-21-7-9-23-62(54)80(73)81-63-24-10-8-22-55(63)36-47-74(81)87/h7-16,21-53H,1-6,17-20H2. The SMILES string of the molecule is FC(F)(F)c1ccc(N(c2ccc3c(c2)c2cc(N(c4ccc(C(F)(F)F)cc4)c4cccc5c4oc4c(C6CCCCC6)cccc45)cc4c2n3-c2ccccc2C42c3ccc4ccccc4c3-c3c2ccc2ccccc32)c2cccc3c2oc2c(C4CCCCC4)cccc23)cc1. The highest BCUT2D eigenvalue weighted by atomic mass is 19.4. The van der Waals surface area contributed by atoms with Gasteiger partial charge in [-0.3, -0.25) is 0 Å². The first kappa shape index (κ1) is 59.1. The molecule has 5 nitrogen and oxygen atoms in total. The Kier molecular flexibility index (Phi) is 13.0. The van der Waals surface area contributed by atoms with E-state index in [0.29, 0.717) is 57.1 Å². The number of hydrogen-bond donors (Lipinski definition) is 0. The van der Waals surface area contributed by atoms with Gasteiger partial charge in [0.1, 0.15) is 11.2 Å². The molecule has 20 rings (SSSR count). The van der Waals surface area contributed by atoms with Gasteiger partial charge >= 0.3 is 12.4 Å². The summed E-state index contributed by atoms with van der Waals surface area (Å²) in [6, 6.07) is 81.6. The molecule has 3 aliphatic carbocycles. The second kappa shape index (κ2) is 22.0. The quantitative estimate of drug-likeness (QED) is 0.142. The summed E-state index contributed by atoms with van der Waals surface area (Å²) in [4.78, 5) is 4.10. The van der Waals surface area contributed by atoms with Crippen LogP contribution in [0.1, 0.15) is 121 Å². The van der Waals surface area contributed by atoms with Crippen molar-refractivity contribution >= 4 is 121 Å². The normalized spacial score (nSPS) is 15.5. The molecule has 0 N–H and O–H groups in total. The molecule has 1 spiro atoms. The van der Waals surface area contributed by atoms with Crippen molar-refractivity contribution < 1.29 is 35.2 Å². The second-order valence-electron chi connectivity index (χ2n) is 28.0. The Morgan fingerprint density at radius 2 is 0.780 bits per heavy atom. The van der Waals surface area contributed by atoms with E-state index in [0.717, 1.165) is 191 Å². The average Bonchev–Trinajstić information content (AvgIpc) is 1.47. The second-order valence-corrected chi connectivity index (χ2v) is 28.0. The van der Waals surface area contributed by atoms with E-state index >= 15 is 0 Å². The highest BCUT2D eigenvalue weighted by Gasteiger charge is 2.52. The Hall–Kier alpha value is -11.0. The number of aromatic nitrogens is 1. The maximum atomic E-state index is 14.9. The molecule has 0 bridgehead atoms. The molecule has 100 heavy (non-hydrogen) atoms. The third kappa shape index (κ3) is 8.62. The van der Waals surface area contributed by atoms with E-state index < -0.39 is 28.9 Å². The summed E-state index contributed by atoms with van der Waals surface area (Å²) in [6.45, 7) is 0. The Morgan fingerprint density at radius 3 is 1.30 bits per heavy atom. The largest absolute Gasteiger partial charge is 0.454 e. The van der Waals surface area contributed by atoms with Gasteiger partial charge in [-0.05, 0) is 201 Å². The van der Waals surface area contributed by atoms with Crippen molar-refractivity contribution in [2.75, 3.05) is 9.80 Å². The molecular formula is C89H63F6N3O2. The highest BCUT2D eigenvalue weighted by molar-refractivity contribution is 6.20. The van der Waals surface area contributed by atoms with E-state index in [1.54, 1.807) is 12.1 Å². The van der Waals surface area contributed by atoms with Gasteiger partial charge in [0, 0.05) is 55.1 Å². The average molecular weight is 1320 g/mol. The van der Waals surface area contributed by atoms with Gasteiger partial charge in [0.05, 0.1) is 44.6 Å². The zero-order chi connectivity index (χ0) is 66.9. The predicted molar refractivity (Wildman–Crippen MR) is 392 cm³/mol. The first-order valence-corrected chi connectivity index (χ1v) is 35.0. The molecule has 0 unspecified atom stereocenters. The lowest BCUT2D eigenvalue weighted by molar-refractivity contribution is -0.138.